The highest BCUT2D eigenvalue weighted by Crippen LogP contribution is 2.39. The Kier molecular flexibility index (Phi) is 10.4. The van der Waals surface area contributed by atoms with Crippen LogP contribution in [0, 0.1) is 0 Å². The van der Waals surface area contributed by atoms with Crippen LogP contribution < -0.4 is 5.32 Å². The molecule has 2 N–H and O–H groups in total. The highest BCUT2D eigenvalue weighted by Gasteiger charge is 2.47. The topological polar surface area (TPSA) is 91.3 Å². The summed E-state index contributed by atoms with van der Waals surface area (Å²) in [5.74, 6) is -2.65. The maximum absolute atomic E-state index is 13.1. The zero-order valence-electron chi connectivity index (χ0n) is 24.2. The number of ether oxygens (including phenoxy) is 2. The van der Waals surface area contributed by atoms with Crippen molar-refractivity contribution in [2.24, 2.45) is 0 Å². The van der Waals surface area contributed by atoms with Crippen molar-refractivity contribution >= 4 is 17.5 Å². The Balaban J connectivity index is 1.32. The minimum Gasteiger partial charge on any atom is -0.392 e. The van der Waals surface area contributed by atoms with Gasteiger partial charge in [0.15, 0.2) is 6.29 Å². The summed E-state index contributed by atoms with van der Waals surface area (Å²) in [4.78, 5) is 27.9. The number of carbonyl (C=O) groups excluding carboxylic acids is 2. The third-order valence-electron chi connectivity index (χ3n) is 8.51. The standard InChI is InChI=1S/C32H40F3N3O5/c33-32(34,35)31(41)38-17-7-10-27(38)29(40)36-25-9-6-8-24(18-25)30-42-26(20-37-15-4-2-1-3-5-16-37)19-28(43-30)23-13-11-22(21-39)12-14-23/h6,8-9,11-14,18,26-28,30,39H,1-5,7,10,15-17,19-21H2,(H,36,40)/t26-,27+,28+,30+/m1/s1. The number of nitrogens with one attached hydrogen (secondary N) is 1. The van der Waals surface area contributed by atoms with Gasteiger partial charge in [-0.3, -0.25) is 9.59 Å². The summed E-state index contributed by atoms with van der Waals surface area (Å²) < 4.78 is 52.1. The minimum absolute atomic E-state index is 0.0450. The number of aliphatic hydroxyl groups is 1. The summed E-state index contributed by atoms with van der Waals surface area (Å²) >= 11 is 0. The van der Waals surface area contributed by atoms with Gasteiger partial charge in [-0.05, 0) is 62.0 Å². The maximum Gasteiger partial charge on any atom is 0.471 e. The van der Waals surface area contributed by atoms with E-state index in [0.29, 0.717) is 29.0 Å². The number of aliphatic hydroxyl groups excluding tert-OH is 1. The van der Waals surface area contributed by atoms with E-state index in [1.165, 1.54) is 19.3 Å². The van der Waals surface area contributed by atoms with Crippen molar-refractivity contribution in [2.75, 3.05) is 31.5 Å². The quantitative estimate of drug-likeness (QED) is 0.436. The fourth-order valence-corrected chi connectivity index (χ4v) is 6.25. The smallest absolute Gasteiger partial charge is 0.392 e. The Morgan fingerprint density at radius 2 is 1.63 bits per heavy atom. The molecule has 0 unspecified atom stereocenters. The van der Waals surface area contributed by atoms with Crippen LogP contribution in [0.2, 0.25) is 0 Å². The van der Waals surface area contributed by atoms with Gasteiger partial charge in [0.25, 0.3) is 0 Å². The van der Waals surface area contributed by atoms with Crippen LogP contribution >= 0.6 is 0 Å². The second kappa shape index (κ2) is 14.2. The molecule has 8 nitrogen and oxygen atoms in total. The molecule has 2 amide bonds. The van der Waals surface area contributed by atoms with Crippen molar-refractivity contribution in [3.63, 3.8) is 0 Å². The molecule has 11 heteroatoms. The number of halogens is 3. The molecule has 4 atom stereocenters. The molecule has 3 aliphatic heterocycles. The number of rotatable bonds is 7. The number of amides is 2. The first-order valence-corrected chi connectivity index (χ1v) is 15.2. The number of alkyl halides is 3. The van der Waals surface area contributed by atoms with Crippen molar-refractivity contribution in [1.29, 1.82) is 0 Å². The van der Waals surface area contributed by atoms with Crippen LogP contribution in [0.5, 0.6) is 0 Å². The van der Waals surface area contributed by atoms with E-state index in [9.17, 15) is 27.9 Å². The van der Waals surface area contributed by atoms with Crippen LogP contribution in [-0.2, 0) is 25.7 Å². The Morgan fingerprint density at radius 1 is 0.907 bits per heavy atom. The highest BCUT2D eigenvalue weighted by molar-refractivity contribution is 5.98. The molecule has 0 aliphatic carbocycles. The molecule has 0 aromatic heterocycles. The Bertz CT molecular complexity index is 1230. The lowest BCUT2D eigenvalue weighted by molar-refractivity contribution is -0.253. The maximum atomic E-state index is 13.1. The highest BCUT2D eigenvalue weighted by atomic mass is 19.4. The van der Waals surface area contributed by atoms with Gasteiger partial charge in [-0.25, -0.2) is 0 Å². The van der Waals surface area contributed by atoms with E-state index in [1.54, 1.807) is 18.2 Å². The van der Waals surface area contributed by atoms with Gasteiger partial charge in [-0.1, -0.05) is 55.7 Å². The first kappa shape index (κ1) is 31.4. The van der Waals surface area contributed by atoms with Crippen LogP contribution in [-0.4, -0.2) is 71.2 Å². The number of carbonyl (C=O) groups is 2. The van der Waals surface area contributed by atoms with E-state index >= 15 is 0 Å². The van der Waals surface area contributed by atoms with Gasteiger partial charge < -0.3 is 29.7 Å². The van der Waals surface area contributed by atoms with Crippen molar-refractivity contribution in [3.05, 3.63) is 65.2 Å². The van der Waals surface area contributed by atoms with Gasteiger partial charge in [-0.15, -0.1) is 0 Å². The van der Waals surface area contributed by atoms with E-state index in [0.717, 1.165) is 43.6 Å². The lowest BCUT2D eigenvalue weighted by Gasteiger charge is -2.39. The van der Waals surface area contributed by atoms with E-state index in [1.807, 2.05) is 30.3 Å². The molecule has 0 radical (unpaired) electrons. The molecule has 234 valence electrons. The Hall–Kier alpha value is -2.99. The van der Waals surface area contributed by atoms with Gasteiger partial charge in [-0.2, -0.15) is 13.2 Å². The molecule has 2 aromatic rings. The normalized spacial score (nSPS) is 25.6. The van der Waals surface area contributed by atoms with Gasteiger partial charge >= 0.3 is 12.1 Å². The molecule has 0 saturated carbocycles. The second-order valence-corrected chi connectivity index (χ2v) is 11.7. The molecule has 3 saturated heterocycles. The molecule has 5 rings (SSSR count). The van der Waals surface area contributed by atoms with E-state index in [-0.39, 0.29) is 31.8 Å². The number of nitrogens with zero attached hydrogens (tertiary/aromatic N) is 2. The van der Waals surface area contributed by atoms with Crippen molar-refractivity contribution < 1.29 is 37.3 Å². The summed E-state index contributed by atoms with van der Waals surface area (Å²) in [6.07, 6.45) is 1.07. The summed E-state index contributed by atoms with van der Waals surface area (Å²) in [5, 5.41) is 12.2. The van der Waals surface area contributed by atoms with Crippen LogP contribution in [0.4, 0.5) is 18.9 Å². The molecule has 2 aromatic carbocycles. The molecular formula is C32H40F3N3O5. The van der Waals surface area contributed by atoms with Gasteiger partial charge in [0.05, 0.1) is 18.8 Å². The monoisotopic (exact) mass is 603 g/mol. The number of anilines is 1. The summed E-state index contributed by atoms with van der Waals surface area (Å²) in [7, 11) is 0. The minimum atomic E-state index is -5.03. The number of hydrogen-bond donors (Lipinski definition) is 2. The lowest BCUT2D eigenvalue weighted by atomic mass is 9.99. The third-order valence-corrected chi connectivity index (χ3v) is 8.51. The molecule has 0 spiro atoms. The van der Waals surface area contributed by atoms with Crippen LogP contribution in [0.25, 0.3) is 0 Å². The van der Waals surface area contributed by atoms with Crippen molar-refractivity contribution in [1.82, 2.24) is 9.80 Å². The Morgan fingerprint density at radius 3 is 2.33 bits per heavy atom. The van der Waals surface area contributed by atoms with Crippen LogP contribution in [0.1, 0.15) is 80.5 Å². The second-order valence-electron chi connectivity index (χ2n) is 11.7. The summed E-state index contributed by atoms with van der Waals surface area (Å²) in [6.45, 7) is 2.66. The van der Waals surface area contributed by atoms with Crippen molar-refractivity contribution in [2.45, 2.75) is 88.7 Å². The van der Waals surface area contributed by atoms with Crippen LogP contribution in [0.3, 0.4) is 0 Å². The molecule has 3 heterocycles. The first-order valence-electron chi connectivity index (χ1n) is 15.2. The third kappa shape index (κ3) is 8.14. The van der Waals surface area contributed by atoms with Gasteiger partial charge in [0.1, 0.15) is 6.04 Å². The van der Waals surface area contributed by atoms with E-state index in [2.05, 4.69) is 10.2 Å². The molecule has 43 heavy (non-hydrogen) atoms. The molecular weight excluding hydrogens is 563 g/mol. The SMILES string of the molecule is O=C(Nc1cccc([C@H]2O[C@@H](CN3CCCCCCC3)C[C@@H](c3ccc(CO)cc3)O2)c1)[C@@H]1CCCN1C(=O)C(F)(F)F. The summed E-state index contributed by atoms with van der Waals surface area (Å²) in [5.41, 5.74) is 2.84. The fourth-order valence-electron chi connectivity index (χ4n) is 6.25. The molecule has 3 fully saturated rings. The molecule has 0 bridgehead atoms. The predicted molar refractivity (Wildman–Crippen MR) is 154 cm³/mol. The number of likely N-dealkylation sites (tertiary alicyclic amines) is 2. The lowest BCUT2D eigenvalue weighted by Crippen LogP contribution is -2.48. The van der Waals surface area contributed by atoms with E-state index in [4.69, 9.17) is 9.47 Å². The number of hydrogen-bond acceptors (Lipinski definition) is 6. The number of benzene rings is 2. The Labute approximate surface area is 250 Å². The van der Waals surface area contributed by atoms with Gasteiger partial charge in [0, 0.05) is 30.8 Å². The molecule has 3 aliphatic rings. The average molecular weight is 604 g/mol. The first-order chi connectivity index (χ1) is 20.7. The fraction of sp³-hybridized carbons (Fsp3) is 0.562. The van der Waals surface area contributed by atoms with Crippen molar-refractivity contribution in [3.8, 4) is 0 Å². The zero-order chi connectivity index (χ0) is 30.4. The largest absolute Gasteiger partial charge is 0.471 e. The zero-order valence-corrected chi connectivity index (χ0v) is 24.2. The van der Waals surface area contributed by atoms with Gasteiger partial charge in [0.2, 0.25) is 5.91 Å². The predicted octanol–water partition coefficient (Wildman–Crippen LogP) is 5.48. The van der Waals surface area contributed by atoms with E-state index < -0.39 is 30.3 Å². The average Bonchev–Trinajstić information content (AvgIpc) is 3.48. The van der Waals surface area contributed by atoms with Crippen LogP contribution in [0.15, 0.2) is 48.5 Å². The summed E-state index contributed by atoms with van der Waals surface area (Å²) in [6, 6.07) is 13.4.